The van der Waals surface area contributed by atoms with Gasteiger partial charge >= 0.3 is 5.97 Å². The van der Waals surface area contributed by atoms with Gasteiger partial charge in [-0.1, -0.05) is 0 Å². The molecule has 1 N–H and O–H groups in total. The van der Waals surface area contributed by atoms with Crippen molar-refractivity contribution in [3.05, 3.63) is 17.7 Å². The van der Waals surface area contributed by atoms with Gasteiger partial charge in [0.15, 0.2) is 11.5 Å². The monoisotopic (exact) mass is 252 g/mol. The first-order valence-electron chi connectivity index (χ1n) is 5.13. The van der Waals surface area contributed by atoms with Crippen molar-refractivity contribution in [2.45, 2.75) is 0 Å². The van der Waals surface area contributed by atoms with E-state index in [1.165, 1.54) is 20.3 Å². The fourth-order valence-electron chi connectivity index (χ4n) is 1.70. The quantitative estimate of drug-likeness (QED) is 0.819. The molecule has 0 saturated heterocycles. The van der Waals surface area contributed by atoms with Crippen LogP contribution in [0.3, 0.4) is 0 Å². The number of rotatable bonds is 4. The van der Waals surface area contributed by atoms with Crippen LogP contribution in [0.4, 0.5) is 0 Å². The molecule has 1 aliphatic heterocycles. The molecule has 0 radical (unpaired) electrons. The summed E-state index contributed by atoms with van der Waals surface area (Å²) in [6.45, 7) is 0.0982. The number of benzene rings is 1. The van der Waals surface area contributed by atoms with Gasteiger partial charge in [0.1, 0.15) is 0 Å². The highest BCUT2D eigenvalue weighted by molar-refractivity contribution is 5.87. The fraction of sp³-hybridized carbons (Fsp3) is 0.250. The van der Waals surface area contributed by atoms with Gasteiger partial charge in [-0.15, -0.1) is 0 Å². The maximum Gasteiger partial charge on any atom is 0.328 e. The van der Waals surface area contributed by atoms with E-state index in [4.69, 9.17) is 24.1 Å². The van der Waals surface area contributed by atoms with E-state index >= 15 is 0 Å². The van der Waals surface area contributed by atoms with Crippen LogP contribution in [0, 0.1) is 0 Å². The van der Waals surface area contributed by atoms with Crippen LogP contribution < -0.4 is 18.9 Å². The number of ether oxygens (including phenoxy) is 4. The van der Waals surface area contributed by atoms with E-state index in [9.17, 15) is 4.79 Å². The standard InChI is InChI=1S/C12H12O6/c1-15-10-7(3-4-9(13)14)5-8-11(12(10)16-2)18-6-17-8/h3-5H,6H2,1-2H3,(H,13,14)/b4-3+. The maximum atomic E-state index is 10.5. The Morgan fingerprint density at radius 2 is 2.06 bits per heavy atom. The number of hydrogen-bond acceptors (Lipinski definition) is 5. The minimum atomic E-state index is -1.05. The number of fused-ring (bicyclic) bond motifs is 1. The molecule has 0 aromatic heterocycles. The smallest absolute Gasteiger partial charge is 0.328 e. The zero-order chi connectivity index (χ0) is 13.1. The highest BCUT2D eigenvalue weighted by atomic mass is 16.7. The number of hydrogen-bond donors (Lipinski definition) is 1. The SMILES string of the molecule is COc1c(/C=C/C(=O)O)cc2c(c1OC)OCO2. The minimum absolute atomic E-state index is 0.0982. The predicted octanol–water partition coefficient (Wildman–Crippen LogP) is 1.53. The minimum Gasteiger partial charge on any atom is -0.492 e. The van der Waals surface area contributed by atoms with E-state index in [0.29, 0.717) is 28.6 Å². The molecule has 0 bridgehead atoms. The van der Waals surface area contributed by atoms with Crippen molar-refractivity contribution in [1.82, 2.24) is 0 Å². The molecule has 0 atom stereocenters. The van der Waals surface area contributed by atoms with Crippen LogP contribution in [-0.2, 0) is 4.79 Å². The second kappa shape index (κ2) is 4.87. The van der Waals surface area contributed by atoms with Crippen LogP contribution in [0.25, 0.3) is 6.08 Å². The second-order valence-electron chi connectivity index (χ2n) is 3.44. The van der Waals surface area contributed by atoms with E-state index in [1.807, 2.05) is 0 Å². The van der Waals surface area contributed by atoms with Crippen molar-refractivity contribution >= 4 is 12.0 Å². The van der Waals surface area contributed by atoms with Crippen LogP contribution in [0.2, 0.25) is 0 Å². The van der Waals surface area contributed by atoms with E-state index in [0.717, 1.165) is 6.08 Å². The van der Waals surface area contributed by atoms with E-state index < -0.39 is 5.97 Å². The van der Waals surface area contributed by atoms with E-state index in [1.54, 1.807) is 6.07 Å². The Bertz CT molecular complexity index is 506. The fourth-order valence-corrected chi connectivity index (χ4v) is 1.70. The number of carboxylic acid groups (broad SMARTS) is 1. The second-order valence-corrected chi connectivity index (χ2v) is 3.44. The zero-order valence-electron chi connectivity index (χ0n) is 9.93. The van der Waals surface area contributed by atoms with Gasteiger partial charge < -0.3 is 24.1 Å². The van der Waals surface area contributed by atoms with E-state index in [2.05, 4.69) is 0 Å². The third-order valence-corrected chi connectivity index (χ3v) is 2.42. The lowest BCUT2D eigenvalue weighted by atomic mass is 10.1. The first kappa shape index (κ1) is 12.1. The maximum absolute atomic E-state index is 10.5. The van der Waals surface area contributed by atoms with Gasteiger partial charge in [-0.05, 0) is 12.1 Å². The average molecular weight is 252 g/mol. The first-order valence-corrected chi connectivity index (χ1v) is 5.13. The lowest BCUT2D eigenvalue weighted by Crippen LogP contribution is -1.96. The van der Waals surface area contributed by atoms with Crippen LogP contribution in [-0.4, -0.2) is 32.1 Å². The number of methoxy groups -OCH3 is 2. The summed E-state index contributed by atoms with van der Waals surface area (Å²) in [5, 5.41) is 8.64. The van der Waals surface area contributed by atoms with Crippen LogP contribution >= 0.6 is 0 Å². The molecule has 1 aromatic carbocycles. The summed E-state index contributed by atoms with van der Waals surface area (Å²) in [7, 11) is 2.95. The Labute approximate surface area is 103 Å². The molecule has 96 valence electrons. The average Bonchev–Trinajstić information content (AvgIpc) is 2.81. The Kier molecular flexibility index (Phi) is 3.27. The molecule has 1 heterocycles. The van der Waals surface area contributed by atoms with Crippen LogP contribution in [0.5, 0.6) is 23.0 Å². The Hall–Kier alpha value is -2.37. The summed E-state index contributed by atoms with van der Waals surface area (Å²) >= 11 is 0. The molecule has 6 nitrogen and oxygen atoms in total. The largest absolute Gasteiger partial charge is 0.492 e. The van der Waals surface area contributed by atoms with E-state index in [-0.39, 0.29) is 6.79 Å². The predicted molar refractivity (Wildman–Crippen MR) is 62.3 cm³/mol. The molecule has 1 aromatic rings. The summed E-state index contributed by atoms with van der Waals surface area (Å²) in [4.78, 5) is 10.5. The van der Waals surface area contributed by atoms with Crippen LogP contribution in [0.1, 0.15) is 5.56 Å². The van der Waals surface area contributed by atoms with Crippen molar-refractivity contribution < 1.29 is 28.8 Å². The summed E-state index contributed by atoms with van der Waals surface area (Å²) in [6.07, 6.45) is 2.42. The number of carboxylic acids is 1. The zero-order valence-corrected chi connectivity index (χ0v) is 9.93. The van der Waals surface area contributed by atoms with Gasteiger partial charge in [0.05, 0.1) is 14.2 Å². The Morgan fingerprint density at radius 3 is 2.67 bits per heavy atom. The number of carbonyl (C=O) groups is 1. The lowest BCUT2D eigenvalue weighted by molar-refractivity contribution is -0.131. The van der Waals surface area contributed by atoms with Gasteiger partial charge in [-0.25, -0.2) is 4.79 Å². The molecule has 0 fully saturated rings. The van der Waals surface area contributed by atoms with Gasteiger partial charge in [0.25, 0.3) is 0 Å². The van der Waals surface area contributed by atoms with Crippen molar-refractivity contribution in [2.75, 3.05) is 21.0 Å². The number of aliphatic carboxylic acids is 1. The summed E-state index contributed by atoms with van der Waals surface area (Å²) in [6, 6.07) is 1.64. The van der Waals surface area contributed by atoms with Crippen molar-refractivity contribution in [3.8, 4) is 23.0 Å². The van der Waals surface area contributed by atoms with Crippen LogP contribution in [0.15, 0.2) is 12.1 Å². The molecule has 0 aliphatic carbocycles. The molecule has 18 heavy (non-hydrogen) atoms. The molecule has 0 amide bonds. The third-order valence-electron chi connectivity index (χ3n) is 2.42. The van der Waals surface area contributed by atoms with Crippen molar-refractivity contribution in [3.63, 3.8) is 0 Å². The highest BCUT2D eigenvalue weighted by Gasteiger charge is 2.25. The van der Waals surface area contributed by atoms with Gasteiger partial charge in [0, 0.05) is 11.6 Å². The first-order chi connectivity index (χ1) is 8.67. The molecule has 0 saturated carbocycles. The van der Waals surface area contributed by atoms with Gasteiger partial charge in [0.2, 0.25) is 18.3 Å². The highest BCUT2D eigenvalue weighted by Crippen LogP contribution is 2.49. The lowest BCUT2D eigenvalue weighted by Gasteiger charge is -2.12. The Balaban J connectivity index is 2.55. The molecule has 2 rings (SSSR count). The molecule has 1 aliphatic rings. The summed E-state index contributed by atoms with van der Waals surface area (Å²) < 4.78 is 21.0. The molecular weight excluding hydrogens is 240 g/mol. The molecule has 0 unspecified atom stereocenters. The van der Waals surface area contributed by atoms with Crippen molar-refractivity contribution in [2.24, 2.45) is 0 Å². The molecule has 0 spiro atoms. The Morgan fingerprint density at radius 1 is 1.33 bits per heavy atom. The normalized spacial score (nSPS) is 12.8. The summed E-state index contributed by atoms with van der Waals surface area (Å²) in [5.74, 6) is 0.699. The van der Waals surface area contributed by atoms with Gasteiger partial charge in [-0.3, -0.25) is 0 Å². The molecule has 6 heteroatoms. The van der Waals surface area contributed by atoms with Crippen molar-refractivity contribution in [1.29, 1.82) is 0 Å². The summed E-state index contributed by atoms with van der Waals surface area (Å²) in [5.41, 5.74) is 0.543. The third kappa shape index (κ3) is 2.04. The molecular formula is C12H12O6. The topological polar surface area (TPSA) is 74.2 Å². The van der Waals surface area contributed by atoms with Gasteiger partial charge in [-0.2, -0.15) is 0 Å².